The molecule has 2 aliphatic heterocycles. The molecule has 0 saturated carbocycles. The zero-order valence-electron chi connectivity index (χ0n) is 19.5. The molecule has 0 aromatic heterocycles. The number of benzene rings is 2. The van der Waals surface area contributed by atoms with Crippen LogP contribution in [0.2, 0.25) is 0 Å². The van der Waals surface area contributed by atoms with Gasteiger partial charge in [0.15, 0.2) is 5.17 Å². The van der Waals surface area contributed by atoms with Crippen molar-refractivity contribution in [3.05, 3.63) is 63.3 Å². The van der Waals surface area contributed by atoms with Gasteiger partial charge in [-0.3, -0.25) is 4.79 Å². The van der Waals surface area contributed by atoms with Crippen LogP contribution in [0.25, 0.3) is 6.08 Å². The minimum absolute atomic E-state index is 0.0194. The minimum atomic E-state index is -0.312. The monoisotopic (exact) mass is 451 g/mol. The Balaban J connectivity index is 1.66. The number of hydrogen-bond acceptors (Lipinski definition) is 4. The van der Waals surface area contributed by atoms with Crippen LogP contribution < -0.4 is 10.2 Å². The van der Waals surface area contributed by atoms with Gasteiger partial charge in [0, 0.05) is 23.3 Å². The van der Waals surface area contributed by atoms with Gasteiger partial charge >= 0.3 is 0 Å². The molecule has 2 aliphatic rings. The molecule has 0 bridgehead atoms. The molecule has 0 radical (unpaired) electrons. The van der Waals surface area contributed by atoms with Gasteiger partial charge in [-0.25, -0.2) is 9.38 Å². The van der Waals surface area contributed by atoms with E-state index in [4.69, 9.17) is 0 Å². The third-order valence-electron chi connectivity index (χ3n) is 6.48. The van der Waals surface area contributed by atoms with E-state index in [1.54, 1.807) is 12.1 Å². The van der Waals surface area contributed by atoms with Crippen LogP contribution in [0, 0.1) is 19.7 Å². The Labute approximate surface area is 194 Å². The van der Waals surface area contributed by atoms with E-state index >= 15 is 4.39 Å². The summed E-state index contributed by atoms with van der Waals surface area (Å²) >= 11 is 1.24. The zero-order valence-corrected chi connectivity index (χ0v) is 20.4. The van der Waals surface area contributed by atoms with E-state index < -0.39 is 0 Å². The zero-order chi connectivity index (χ0) is 23.2. The van der Waals surface area contributed by atoms with Gasteiger partial charge in [-0.15, -0.1) is 0 Å². The second-order valence-electron chi connectivity index (χ2n) is 9.34. The van der Waals surface area contributed by atoms with E-state index in [2.05, 4.69) is 42.9 Å². The van der Waals surface area contributed by atoms with Crippen molar-refractivity contribution in [2.45, 2.75) is 59.4 Å². The summed E-state index contributed by atoms with van der Waals surface area (Å²) in [5.74, 6) is -0.251. The average Bonchev–Trinajstić information content (AvgIpc) is 3.04. The Morgan fingerprint density at radius 3 is 2.69 bits per heavy atom. The maximum atomic E-state index is 15.1. The first kappa shape index (κ1) is 22.6. The Hall–Kier alpha value is -2.60. The Morgan fingerprint density at radius 2 is 2.00 bits per heavy atom. The summed E-state index contributed by atoms with van der Waals surface area (Å²) in [6.07, 6.45) is 2.64. The SMILES string of the molecule is CCN1c2cc(F)c(/C=C3/SC(=Nc4ccc(C)c(C)c4)NC3=O)cc2C(C)CC1(C)C. The number of nitrogens with one attached hydrogen (secondary N) is 1. The first-order valence-corrected chi connectivity index (χ1v) is 11.9. The van der Waals surface area contributed by atoms with Crippen LogP contribution in [0.4, 0.5) is 15.8 Å². The van der Waals surface area contributed by atoms with Crippen LogP contribution in [-0.2, 0) is 4.79 Å². The van der Waals surface area contributed by atoms with Crippen LogP contribution >= 0.6 is 11.8 Å². The molecular formula is C26H30FN3OS. The third-order valence-corrected chi connectivity index (χ3v) is 7.39. The lowest BCUT2D eigenvalue weighted by Crippen LogP contribution is -2.48. The summed E-state index contributed by atoms with van der Waals surface area (Å²) in [7, 11) is 0. The van der Waals surface area contributed by atoms with Crippen molar-refractivity contribution in [1.29, 1.82) is 0 Å². The fraction of sp³-hybridized carbons (Fsp3) is 0.385. The van der Waals surface area contributed by atoms with Crippen molar-refractivity contribution in [1.82, 2.24) is 5.32 Å². The number of halogens is 1. The number of thioether (sulfide) groups is 1. The van der Waals surface area contributed by atoms with Crippen molar-refractivity contribution in [3.63, 3.8) is 0 Å². The first-order chi connectivity index (χ1) is 15.1. The molecule has 0 spiro atoms. The van der Waals surface area contributed by atoms with E-state index in [1.807, 2.05) is 38.1 Å². The molecule has 1 saturated heterocycles. The number of carbonyl (C=O) groups excluding carboxylic acids is 1. The lowest BCUT2D eigenvalue weighted by Gasteiger charge is -2.47. The van der Waals surface area contributed by atoms with Gasteiger partial charge in [0.1, 0.15) is 5.82 Å². The number of aliphatic imine (C=N–C) groups is 1. The normalized spacial score (nSPS) is 22.4. The standard InChI is InChI=1S/C26H30FN3OS/c1-7-30-22-13-21(27)18(11-20(22)17(4)14-26(30,5)6)12-23-24(31)29-25(32-23)28-19-9-8-15(2)16(3)10-19/h8-13,17H,7,14H2,1-6H3,(H,28,29,31)/b23-12+. The lowest BCUT2D eigenvalue weighted by molar-refractivity contribution is -0.115. The molecule has 1 atom stereocenters. The smallest absolute Gasteiger partial charge is 0.264 e. The van der Waals surface area contributed by atoms with Crippen LogP contribution in [0.3, 0.4) is 0 Å². The fourth-order valence-electron chi connectivity index (χ4n) is 4.76. The highest BCUT2D eigenvalue weighted by atomic mass is 32.2. The highest BCUT2D eigenvalue weighted by molar-refractivity contribution is 8.18. The van der Waals surface area contributed by atoms with Crippen LogP contribution in [0.1, 0.15) is 62.3 Å². The van der Waals surface area contributed by atoms with E-state index in [0.29, 0.717) is 21.6 Å². The van der Waals surface area contributed by atoms with E-state index in [0.717, 1.165) is 35.5 Å². The predicted octanol–water partition coefficient (Wildman–Crippen LogP) is 6.45. The predicted molar refractivity (Wildman–Crippen MR) is 133 cm³/mol. The largest absolute Gasteiger partial charge is 0.366 e. The number of nitrogens with zero attached hydrogens (tertiary/aromatic N) is 2. The second kappa shape index (κ2) is 8.39. The summed E-state index contributed by atoms with van der Waals surface area (Å²) in [6, 6.07) is 9.46. The Morgan fingerprint density at radius 1 is 1.25 bits per heavy atom. The number of rotatable bonds is 3. The lowest BCUT2D eigenvalue weighted by atomic mass is 9.79. The van der Waals surface area contributed by atoms with E-state index in [-0.39, 0.29) is 17.3 Å². The number of amides is 1. The van der Waals surface area contributed by atoms with Crippen molar-refractivity contribution < 1.29 is 9.18 Å². The third kappa shape index (κ3) is 4.20. The first-order valence-electron chi connectivity index (χ1n) is 11.1. The number of hydrogen-bond donors (Lipinski definition) is 1. The summed E-state index contributed by atoms with van der Waals surface area (Å²) in [4.78, 5) is 19.8. The van der Waals surface area contributed by atoms with Crippen LogP contribution in [0.15, 0.2) is 40.2 Å². The molecule has 4 rings (SSSR count). The topological polar surface area (TPSA) is 44.7 Å². The quantitative estimate of drug-likeness (QED) is 0.546. The highest BCUT2D eigenvalue weighted by Gasteiger charge is 2.36. The van der Waals surface area contributed by atoms with Crippen LogP contribution in [-0.4, -0.2) is 23.2 Å². The van der Waals surface area contributed by atoms with Gasteiger partial charge < -0.3 is 10.2 Å². The minimum Gasteiger partial charge on any atom is -0.366 e. The van der Waals surface area contributed by atoms with Crippen molar-refractivity contribution in [2.75, 3.05) is 11.4 Å². The summed E-state index contributed by atoms with van der Waals surface area (Å²) in [6.45, 7) is 13.6. The molecule has 2 aromatic rings. The van der Waals surface area contributed by atoms with Crippen molar-refractivity contribution in [3.8, 4) is 0 Å². The van der Waals surface area contributed by atoms with E-state index in [9.17, 15) is 4.79 Å². The molecule has 1 unspecified atom stereocenters. The molecule has 6 heteroatoms. The summed E-state index contributed by atoms with van der Waals surface area (Å²) in [5.41, 5.74) is 5.63. The number of fused-ring (bicyclic) bond motifs is 1. The highest BCUT2D eigenvalue weighted by Crippen LogP contribution is 2.44. The number of aryl methyl sites for hydroxylation is 2. The van der Waals surface area contributed by atoms with Gasteiger partial charge in [0.2, 0.25) is 0 Å². The van der Waals surface area contributed by atoms with Gasteiger partial charge in [0.25, 0.3) is 5.91 Å². The maximum Gasteiger partial charge on any atom is 0.264 e. The van der Waals surface area contributed by atoms with Crippen LogP contribution in [0.5, 0.6) is 0 Å². The van der Waals surface area contributed by atoms with Gasteiger partial charge in [-0.1, -0.05) is 13.0 Å². The summed E-state index contributed by atoms with van der Waals surface area (Å²) in [5, 5.41) is 3.31. The van der Waals surface area contributed by atoms with Gasteiger partial charge in [-0.2, -0.15) is 0 Å². The van der Waals surface area contributed by atoms with Gasteiger partial charge in [-0.05, 0) is 106 Å². The molecule has 32 heavy (non-hydrogen) atoms. The number of anilines is 1. The molecular weight excluding hydrogens is 421 g/mol. The fourth-order valence-corrected chi connectivity index (χ4v) is 5.60. The summed E-state index contributed by atoms with van der Waals surface area (Å²) < 4.78 is 15.1. The second-order valence-corrected chi connectivity index (χ2v) is 10.4. The Kier molecular flexibility index (Phi) is 5.93. The molecule has 4 nitrogen and oxygen atoms in total. The molecule has 0 aliphatic carbocycles. The molecule has 2 heterocycles. The molecule has 2 aromatic carbocycles. The van der Waals surface area contributed by atoms with Crippen molar-refractivity contribution in [2.24, 2.45) is 4.99 Å². The van der Waals surface area contributed by atoms with E-state index in [1.165, 1.54) is 17.3 Å². The van der Waals surface area contributed by atoms with Crippen molar-refractivity contribution >= 4 is 40.3 Å². The molecule has 1 amide bonds. The molecule has 1 fully saturated rings. The number of amidine groups is 1. The average molecular weight is 452 g/mol. The van der Waals surface area contributed by atoms with Gasteiger partial charge in [0.05, 0.1) is 10.6 Å². The maximum absolute atomic E-state index is 15.1. The molecule has 1 N–H and O–H groups in total. The molecule has 168 valence electrons. The Bertz CT molecular complexity index is 1150. The number of carbonyl (C=O) groups is 1.